The summed E-state index contributed by atoms with van der Waals surface area (Å²) in [6.45, 7) is 0. The van der Waals surface area contributed by atoms with Gasteiger partial charge in [0.25, 0.3) is 5.91 Å². The number of halogens is 4. The zero-order valence-corrected chi connectivity index (χ0v) is 11.3. The first-order chi connectivity index (χ1) is 8.99. The molecule has 2 heterocycles. The average molecular weight is 322 g/mol. The van der Waals surface area contributed by atoms with Crippen LogP contribution in [0.25, 0.3) is 0 Å². The molecule has 0 aromatic carbocycles. The number of nitrogens with zero attached hydrogens (tertiary/aromatic N) is 3. The lowest BCUT2D eigenvalue weighted by Gasteiger charge is -2.08. The molecule has 0 atom stereocenters. The van der Waals surface area contributed by atoms with E-state index in [1.807, 2.05) is 0 Å². The van der Waals surface area contributed by atoms with Gasteiger partial charge in [0.1, 0.15) is 23.0 Å². The Morgan fingerprint density at radius 3 is 2.37 bits per heavy atom. The Morgan fingerprint density at radius 2 is 1.74 bits per heavy atom. The third kappa shape index (κ3) is 3.09. The standard InChI is InChI=1S/C10H4Cl3FN4O/c11-7-5(1-4(14)2-15-7)10(19)18-6-8(12)16-3-17-9(6)13/h1-3H,(H,18,19). The maximum Gasteiger partial charge on any atom is 0.259 e. The van der Waals surface area contributed by atoms with Gasteiger partial charge >= 0.3 is 0 Å². The number of anilines is 1. The molecular weight excluding hydrogens is 317 g/mol. The summed E-state index contributed by atoms with van der Waals surface area (Å²) in [7, 11) is 0. The molecule has 2 rings (SSSR count). The maximum absolute atomic E-state index is 13.0. The monoisotopic (exact) mass is 320 g/mol. The van der Waals surface area contributed by atoms with Crippen LogP contribution >= 0.6 is 34.8 Å². The largest absolute Gasteiger partial charge is 0.317 e. The Bertz CT molecular complexity index is 632. The van der Waals surface area contributed by atoms with E-state index in [0.29, 0.717) is 0 Å². The van der Waals surface area contributed by atoms with Crippen LogP contribution in [-0.2, 0) is 0 Å². The lowest BCUT2D eigenvalue weighted by molar-refractivity contribution is 0.102. The Morgan fingerprint density at radius 1 is 1.11 bits per heavy atom. The van der Waals surface area contributed by atoms with Crippen molar-refractivity contribution >= 4 is 46.4 Å². The predicted molar refractivity (Wildman–Crippen MR) is 69.2 cm³/mol. The summed E-state index contributed by atoms with van der Waals surface area (Å²) >= 11 is 17.2. The summed E-state index contributed by atoms with van der Waals surface area (Å²) in [4.78, 5) is 22.8. The minimum absolute atomic E-state index is 0.0103. The van der Waals surface area contributed by atoms with Crippen molar-refractivity contribution in [3.8, 4) is 0 Å². The van der Waals surface area contributed by atoms with Crippen molar-refractivity contribution in [3.63, 3.8) is 0 Å². The zero-order chi connectivity index (χ0) is 14.0. The molecule has 0 saturated heterocycles. The summed E-state index contributed by atoms with van der Waals surface area (Å²) in [5.41, 5.74) is -0.145. The number of carbonyl (C=O) groups excluding carboxylic acids is 1. The van der Waals surface area contributed by atoms with E-state index in [2.05, 4.69) is 20.3 Å². The SMILES string of the molecule is O=C(Nc1c(Cl)ncnc1Cl)c1cc(F)cnc1Cl. The highest BCUT2D eigenvalue weighted by atomic mass is 35.5. The second-order valence-corrected chi connectivity index (χ2v) is 4.35. The molecule has 0 saturated carbocycles. The summed E-state index contributed by atoms with van der Waals surface area (Å²) < 4.78 is 13.0. The van der Waals surface area contributed by atoms with E-state index < -0.39 is 11.7 Å². The van der Waals surface area contributed by atoms with Crippen LogP contribution in [0, 0.1) is 5.82 Å². The van der Waals surface area contributed by atoms with Gasteiger partial charge in [-0.15, -0.1) is 0 Å². The predicted octanol–water partition coefficient (Wildman–Crippen LogP) is 3.22. The Balaban J connectivity index is 2.34. The van der Waals surface area contributed by atoms with E-state index in [9.17, 15) is 9.18 Å². The van der Waals surface area contributed by atoms with E-state index in [1.54, 1.807) is 0 Å². The minimum atomic E-state index is -0.726. The normalized spacial score (nSPS) is 10.3. The molecule has 9 heteroatoms. The van der Waals surface area contributed by atoms with E-state index in [-0.39, 0.29) is 26.7 Å². The molecule has 0 spiro atoms. The van der Waals surface area contributed by atoms with E-state index in [1.165, 1.54) is 0 Å². The van der Waals surface area contributed by atoms with Crippen LogP contribution < -0.4 is 5.32 Å². The molecule has 0 fully saturated rings. The summed E-state index contributed by atoms with van der Waals surface area (Å²) in [6.07, 6.45) is 2.03. The number of hydrogen-bond donors (Lipinski definition) is 1. The molecule has 19 heavy (non-hydrogen) atoms. The van der Waals surface area contributed by atoms with Gasteiger partial charge in [-0.1, -0.05) is 34.8 Å². The first-order valence-corrected chi connectivity index (χ1v) is 5.91. The second-order valence-electron chi connectivity index (χ2n) is 3.28. The number of nitrogens with one attached hydrogen (secondary N) is 1. The van der Waals surface area contributed by atoms with Gasteiger partial charge in [-0.25, -0.2) is 19.3 Å². The van der Waals surface area contributed by atoms with Crippen molar-refractivity contribution in [2.45, 2.75) is 0 Å². The van der Waals surface area contributed by atoms with Crippen molar-refractivity contribution in [2.75, 3.05) is 5.32 Å². The fraction of sp³-hybridized carbons (Fsp3) is 0. The third-order valence-electron chi connectivity index (χ3n) is 2.04. The van der Waals surface area contributed by atoms with Gasteiger partial charge in [-0.05, 0) is 6.07 Å². The Hall–Kier alpha value is -1.50. The van der Waals surface area contributed by atoms with Crippen LogP contribution in [0.15, 0.2) is 18.6 Å². The highest BCUT2D eigenvalue weighted by molar-refractivity contribution is 6.39. The quantitative estimate of drug-likeness (QED) is 0.681. The fourth-order valence-corrected chi connectivity index (χ4v) is 1.81. The molecule has 0 aliphatic carbocycles. The van der Waals surface area contributed by atoms with Crippen LogP contribution in [0.1, 0.15) is 10.4 Å². The topological polar surface area (TPSA) is 67.8 Å². The van der Waals surface area contributed by atoms with Gasteiger partial charge in [0.2, 0.25) is 0 Å². The summed E-state index contributed by atoms with van der Waals surface area (Å²) in [5.74, 6) is -1.42. The number of pyridine rings is 1. The Labute approximate surface area is 121 Å². The highest BCUT2D eigenvalue weighted by Gasteiger charge is 2.17. The molecule has 0 aliphatic rings. The van der Waals surface area contributed by atoms with Crippen LogP contribution in [-0.4, -0.2) is 20.9 Å². The van der Waals surface area contributed by atoms with Gasteiger partial charge in [-0.2, -0.15) is 0 Å². The number of amides is 1. The third-order valence-corrected chi connectivity index (χ3v) is 2.92. The van der Waals surface area contributed by atoms with Crippen molar-refractivity contribution in [1.82, 2.24) is 15.0 Å². The average Bonchev–Trinajstić information content (AvgIpc) is 2.37. The van der Waals surface area contributed by atoms with Crippen molar-refractivity contribution in [1.29, 1.82) is 0 Å². The zero-order valence-electron chi connectivity index (χ0n) is 8.99. The van der Waals surface area contributed by atoms with E-state index in [4.69, 9.17) is 34.8 Å². The lowest BCUT2D eigenvalue weighted by atomic mass is 10.2. The number of aromatic nitrogens is 3. The molecule has 1 amide bonds. The minimum Gasteiger partial charge on any atom is -0.317 e. The molecule has 5 nitrogen and oxygen atoms in total. The fourth-order valence-electron chi connectivity index (χ4n) is 1.21. The number of hydrogen-bond acceptors (Lipinski definition) is 4. The van der Waals surface area contributed by atoms with Gasteiger partial charge < -0.3 is 5.32 Å². The van der Waals surface area contributed by atoms with Gasteiger partial charge in [-0.3, -0.25) is 4.79 Å². The molecular formula is C10H4Cl3FN4O. The van der Waals surface area contributed by atoms with Crippen LogP contribution in [0.5, 0.6) is 0 Å². The summed E-state index contributed by atoms with van der Waals surface area (Å²) in [5, 5.41) is 2.10. The molecule has 0 bridgehead atoms. The van der Waals surface area contributed by atoms with Gasteiger partial charge in [0.15, 0.2) is 10.3 Å². The molecule has 0 unspecified atom stereocenters. The lowest BCUT2D eigenvalue weighted by Crippen LogP contribution is -2.14. The van der Waals surface area contributed by atoms with Crippen LogP contribution in [0.2, 0.25) is 15.5 Å². The molecule has 1 N–H and O–H groups in total. The molecule has 0 aliphatic heterocycles. The van der Waals surface area contributed by atoms with Crippen molar-refractivity contribution < 1.29 is 9.18 Å². The van der Waals surface area contributed by atoms with E-state index >= 15 is 0 Å². The van der Waals surface area contributed by atoms with Crippen molar-refractivity contribution in [2.24, 2.45) is 0 Å². The van der Waals surface area contributed by atoms with Crippen LogP contribution in [0.4, 0.5) is 10.1 Å². The first kappa shape index (κ1) is 13.9. The van der Waals surface area contributed by atoms with E-state index in [0.717, 1.165) is 18.6 Å². The highest BCUT2D eigenvalue weighted by Crippen LogP contribution is 2.26. The smallest absolute Gasteiger partial charge is 0.259 e. The number of rotatable bonds is 2. The first-order valence-electron chi connectivity index (χ1n) is 4.77. The van der Waals surface area contributed by atoms with Crippen molar-refractivity contribution in [3.05, 3.63) is 45.4 Å². The summed E-state index contributed by atoms with van der Waals surface area (Å²) in [6, 6.07) is 0.941. The molecule has 2 aromatic heterocycles. The second kappa shape index (κ2) is 5.64. The molecule has 98 valence electrons. The molecule has 2 aromatic rings. The molecule has 0 radical (unpaired) electrons. The number of carbonyl (C=O) groups is 1. The maximum atomic E-state index is 13.0. The van der Waals surface area contributed by atoms with Crippen LogP contribution in [0.3, 0.4) is 0 Å². The Kier molecular flexibility index (Phi) is 4.14. The van der Waals surface area contributed by atoms with Gasteiger partial charge in [0.05, 0.1) is 11.8 Å². The van der Waals surface area contributed by atoms with Gasteiger partial charge in [0, 0.05) is 0 Å².